The van der Waals surface area contributed by atoms with Gasteiger partial charge in [0.15, 0.2) is 0 Å². The van der Waals surface area contributed by atoms with Gasteiger partial charge in [0, 0.05) is 41.5 Å². The van der Waals surface area contributed by atoms with E-state index in [0.717, 1.165) is 67.1 Å². The smallest absolute Gasteiger partial charge is 0.235 e. The molecule has 6 nitrogen and oxygen atoms in total. The summed E-state index contributed by atoms with van der Waals surface area (Å²) in [6.07, 6.45) is 5.07. The lowest BCUT2D eigenvalue weighted by Crippen LogP contribution is -2.35. The molecule has 1 amide bonds. The summed E-state index contributed by atoms with van der Waals surface area (Å²) in [6.45, 7) is 4.65. The first-order valence-electron chi connectivity index (χ1n) is 12.2. The molecule has 0 radical (unpaired) electrons. The Morgan fingerprint density at radius 2 is 2.03 bits per heavy atom. The lowest BCUT2D eigenvalue weighted by molar-refractivity contribution is -0.118. The Labute approximate surface area is 207 Å². The number of nitrogens with zero attached hydrogens (tertiary/aromatic N) is 2. The number of morpholine rings is 1. The third-order valence-corrected chi connectivity index (χ3v) is 8.57. The fourth-order valence-electron chi connectivity index (χ4n) is 5.68. The number of aromatic amines is 1. The number of benzene rings is 2. The summed E-state index contributed by atoms with van der Waals surface area (Å²) in [4.78, 5) is 16.7. The number of fused-ring (bicyclic) bond motifs is 3. The van der Waals surface area contributed by atoms with Gasteiger partial charge in [-0.3, -0.25) is 14.8 Å². The fourth-order valence-corrected chi connectivity index (χ4v) is 6.57. The molecular formula is C28H26N4O2S. The monoisotopic (exact) mass is 482 g/mol. The Morgan fingerprint density at radius 1 is 1.14 bits per heavy atom. The van der Waals surface area contributed by atoms with Crippen molar-refractivity contribution in [3.63, 3.8) is 0 Å². The van der Waals surface area contributed by atoms with E-state index in [2.05, 4.69) is 68.3 Å². The highest BCUT2D eigenvalue weighted by molar-refractivity contribution is 7.10. The van der Waals surface area contributed by atoms with Gasteiger partial charge in [-0.15, -0.1) is 11.3 Å². The molecule has 7 heteroatoms. The number of aromatic nitrogens is 2. The molecule has 2 atom stereocenters. The number of anilines is 1. The Balaban J connectivity index is 1.09. The van der Waals surface area contributed by atoms with E-state index < -0.39 is 5.41 Å². The number of H-pyrrole nitrogens is 1. The molecule has 4 aromatic rings. The number of nitrogens with one attached hydrogen (secondary N) is 2. The van der Waals surface area contributed by atoms with Crippen LogP contribution in [0.4, 0.5) is 5.69 Å². The molecule has 1 aliphatic carbocycles. The van der Waals surface area contributed by atoms with E-state index in [1.54, 1.807) is 11.3 Å². The largest absolute Gasteiger partial charge is 0.379 e. The summed E-state index contributed by atoms with van der Waals surface area (Å²) in [7, 11) is 0. The lowest BCUT2D eigenvalue weighted by Gasteiger charge is -2.25. The van der Waals surface area contributed by atoms with Gasteiger partial charge in [0.1, 0.15) is 0 Å². The lowest BCUT2D eigenvalue weighted by atomic mass is 9.92. The summed E-state index contributed by atoms with van der Waals surface area (Å²) in [5.74, 6) is 0.328. The molecule has 2 aromatic carbocycles. The van der Waals surface area contributed by atoms with Gasteiger partial charge in [-0.25, -0.2) is 0 Å². The van der Waals surface area contributed by atoms with E-state index in [0.29, 0.717) is 0 Å². The first-order valence-corrected chi connectivity index (χ1v) is 13.0. The van der Waals surface area contributed by atoms with Crippen molar-refractivity contribution in [3.8, 4) is 0 Å². The summed E-state index contributed by atoms with van der Waals surface area (Å²) >= 11 is 1.81. The summed E-state index contributed by atoms with van der Waals surface area (Å²) in [5, 5.41) is 14.1. The number of rotatable bonds is 5. The number of hydrogen-bond donors (Lipinski definition) is 2. The van der Waals surface area contributed by atoms with Crippen molar-refractivity contribution in [2.75, 3.05) is 31.6 Å². The van der Waals surface area contributed by atoms with Crippen molar-refractivity contribution in [2.24, 2.45) is 0 Å². The van der Waals surface area contributed by atoms with Crippen LogP contribution in [0.1, 0.15) is 39.6 Å². The second kappa shape index (κ2) is 8.16. The minimum absolute atomic E-state index is 0.126. The predicted octanol–water partition coefficient (Wildman–Crippen LogP) is 5.00. The zero-order valence-corrected chi connectivity index (χ0v) is 20.1. The Bertz CT molecular complexity index is 1460. The predicted molar refractivity (Wildman–Crippen MR) is 140 cm³/mol. The van der Waals surface area contributed by atoms with Gasteiger partial charge >= 0.3 is 0 Å². The van der Waals surface area contributed by atoms with Crippen LogP contribution in [0.5, 0.6) is 0 Å². The van der Waals surface area contributed by atoms with E-state index in [-0.39, 0.29) is 11.8 Å². The van der Waals surface area contributed by atoms with E-state index in [9.17, 15) is 4.79 Å². The topological polar surface area (TPSA) is 70.2 Å². The Kier molecular flexibility index (Phi) is 4.91. The fraction of sp³-hybridized carbons (Fsp3) is 0.286. The quantitative estimate of drug-likeness (QED) is 0.420. The summed E-state index contributed by atoms with van der Waals surface area (Å²) in [5.41, 5.74) is 6.01. The van der Waals surface area contributed by atoms with Gasteiger partial charge in [-0.2, -0.15) is 5.10 Å². The molecule has 4 heterocycles. The van der Waals surface area contributed by atoms with Crippen molar-refractivity contribution in [1.82, 2.24) is 15.1 Å². The second-order valence-electron chi connectivity index (χ2n) is 9.71. The number of hydrogen-bond acceptors (Lipinski definition) is 5. The molecule has 2 fully saturated rings. The van der Waals surface area contributed by atoms with Crippen LogP contribution in [0.3, 0.4) is 0 Å². The molecule has 1 saturated carbocycles. The summed E-state index contributed by atoms with van der Waals surface area (Å²) < 4.78 is 5.45. The van der Waals surface area contributed by atoms with E-state index >= 15 is 0 Å². The zero-order valence-electron chi connectivity index (χ0n) is 19.3. The number of ether oxygens (including phenoxy) is 1. The standard InChI is InChI=1S/C28H26N4O2S/c33-27-28(22-3-1-2-4-25(22)29-27)15-23(28)19-6-7-21-24(30-31-26(21)14-19)8-5-18-13-20(35-17-18)16-32-9-11-34-12-10-32/h1-8,13-14,17,23H,9-12,15-16H2,(H,29,33)(H,30,31)/t23-,28-/m0/s1. The van der Waals surface area contributed by atoms with Crippen molar-refractivity contribution in [3.05, 3.63) is 81.2 Å². The number of amides is 1. The van der Waals surface area contributed by atoms with Gasteiger partial charge < -0.3 is 10.1 Å². The average Bonchev–Trinajstić information content (AvgIpc) is 3.12. The molecule has 3 aliphatic rings. The van der Waals surface area contributed by atoms with E-state index in [4.69, 9.17) is 4.74 Å². The third-order valence-electron chi connectivity index (χ3n) is 7.63. The van der Waals surface area contributed by atoms with Gasteiger partial charge in [-0.05, 0) is 52.8 Å². The second-order valence-corrected chi connectivity index (χ2v) is 10.7. The van der Waals surface area contributed by atoms with E-state index in [1.807, 2.05) is 18.2 Å². The van der Waals surface area contributed by atoms with Gasteiger partial charge in [0.25, 0.3) is 0 Å². The van der Waals surface area contributed by atoms with Gasteiger partial charge in [0.2, 0.25) is 5.91 Å². The van der Waals surface area contributed by atoms with Crippen LogP contribution in [-0.2, 0) is 21.5 Å². The number of para-hydroxylation sites is 1. The molecule has 7 rings (SSSR count). The zero-order chi connectivity index (χ0) is 23.4. The van der Waals surface area contributed by atoms with Crippen LogP contribution in [0.2, 0.25) is 0 Å². The highest BCUT2D eigenvalue weighted by atomic mass is 32.1. The van der Waals surface area contributed by atoms with Crippen molar-refractivity contribution < 1.29 is 9.53 Å². The van der Waals surface area contributed by atoms with Crippen LogP contribution < -0.4 is 5.32 Å². The molecule has 0 unspecified atom stereocenters. The first kappa shape index (κ1) is 21.1. The molecule has 176 valence electrons. The third kappa shape index (κ3) is 3.54. The molecule has 1 spiro atoms. The van der Waals surface area contributed by atoms with Crippen LogP contribution in [0, 0.1) is 0 Å². The maximum absolute atomic E-state index is 12.9. The van der Waals surface area contributed by atoms with Crippen molar-refractivity contribution in [2.45, 2.75) is 24.3 Å². The van der Waals surface area contributed by atoms with Crippen molar-refractivity contribution >= 4 is 46.0 Å². The van der Waals surface area contributed by atoms with Crippen LogP contribution in [0.25, 0.3) is 23.1 Å². The van der Waals surface area contributed by atoms with Gasteiger partial charge in [0.05, 0.1) is 29.8 Å². The number of thiophene rings is 1. The van der Waals surface area contributed by atoms with Crippen LogP contribution in [0.15, 0.2) is 53.9 Å². The maximum Gasteiger partial charge on any atom is 0.235 e. The van der Waals surface area contributed by atoms with E-state index in [1.165, 1.54) is 16.0 Å². The van der Waals surface area contributed by atoms with Crippen LogP contribution >= 0.6 is 11.3 Å². The Morgan fingerprint density at radius 3 is 2.94 bits per heavy atom. The SMILES string of the molecule is O=C1Nc2ccccc2[C@]12C[C@H]2c1ccc2c(C=Cc3csc(CN4CCOCC4)c3)n[nH]c2c1. The highest BCUT2D eigenvalue weighted by Crippen LogP contribution is 2.64. The highest BCUT2D eigenvalue weighted by Gasteiger charge is 2.65. The molecule has 0 bridgehead atoms. The molecule has 35 heavy (non-hydrogen) atoms. The molecular weight excluding hydrogens is 456 g/mol. The van der Waals surface area contributed by atoms with Crippen molar-refractivity contribution in [1.29, 1.82) is 0 Å². The number of carbonyl (C=O) groups is 1. The molecule has 2 aromatic heterocycles. The minimum atomic E-state index is -0.412. The van der Waals surface area contributed by atoms with Crippen LogP contribution in [-0.4, -0.2) is 47.3 Å². The minimum Gasteiger partial charge on any atom is -0.379 e. The number of carbonyl (C=O) groups excluding carboxylic acids is 1. The molecule has 2 N–H and O–H groups in total. The molecule has 1 saturated heterocycles. The van der Waals surface area contributed by atoms with Gasteiger partial charge in [-0.1, -0.05) is 36.4 Å². The average molecular weight is 483 g/mol. The maximum atomic E-state index is 12.9. The Hall–Kier alpha value is -3.26. The first-order chi connectivity index (χ1) is 17.2. The normalized spacial score (nSPS) is 23.9. The summed E-state index contributed by atoms with van der Waals surface area (Å²) in [6, 6.07) is 16.8. The molecule has 2 aliphatic heterocycles.